The van der Waals surface area contributed by atoms with Crippen LogP contribution in [0.15, 0.2) is 158 Å². The molecule has 1 amide bonds. The van der Waals surface area contributed by atoms with E-state index in [1.807, 2.05) is 94.1 Å². The number of hydrogen-bond donors (Lipinski definition) is 2. The van der Waals surface area contributed by atoms with Crippen LogP contribution in [0, 0.1) is 0 Å². The summed E-state index contributed by atoms with van der Waals surface area (Å²) in [5.41, 5.74) is 0. The number of phosphoric ester groups is 1. The number of carbonyl (C=O) groups excluding carboxylic acids is 2. The number of hydrogen-bond acceptors (Lipinski definition) is 6. The Bertz CT molecular complexity index is 1920. The molecule has 2 N–H and O–H groups in total. The van der Waals surface area contributed by atoms with Crippen LogP contribution in [0.3, 0.4) is 0 Å². The number of phosphoric acid groups is 1. The number of nitrogens with one attached hydrogen (secondary N) is 1. The largest absolute Gasteiger partial charge is 0.472 e. The van der Waals surface area contributed by atoms with Crippen molar-refractivity contribution in [3.8, 4) is 0 Å². The van der Waals surface area contributed by atoms with Gasteiger partial charge in [-0.15, -0.1) is 0 Å². The van der Waals surface area contributed by atoms with Crippen molar-refractivity contribution in [2.75, 3.05) is 40.9 Å². The molecule has 0 rings (SSSR count). The van der Waals surface area contributed by atoms with Gasteiger partial charge in [-0.3, -0.25) is 18.6 Å². The Hall–Kier alpha value is -4.37. The molecule has 0 aliphatic carbocycles. The van der Waals surface area contributed by atoms with Gasteiger partial charge >= 0.3 is 13.8 Å². The van der Waals surface area contributed by atoms with Crippen LogP contribution in [0.5, 0.6) is 0 Å². The maximum absolute atomic E-state index is 13.5. The third kappa shape index (κ3) is 58.3. The zero-order valence-corrected chi connectivity index (χ0v) is 52.4. The zero-order chi connectivity index (χ0) is 58.6. The van der Waals surface area contributed by atoms with E-state index in [0.29, 0.717) is 23.9 Å². The van der Waals surface area contributed by atoms with Crippen molar-refractivity contribution in [1.29, 1.82) is 0 Å². The number of carbonyl (C=O) groups is 2. The molecule has 452 valence electrons. The minimum Gasteiger partial charge on any atom is -0.456 e. The van der Waals surface area contributed by atoms with Crippen LogP contribution in [-0.4, -0.2) is 74.3 Å². The van der Waals surface area contributed by atoms with E-state index in [1.165, 1.54) is 51.4 Å². The topological polar surface area (TPSA) is 111 Å². The molecule has 0 heterocycles. The molecule has 0 saturated carbocycles. The van der Waals surface area contributed by atoms with Crippen LogP contribution in [0.1, 0.15) is 220 Å². The molecule has 80 heavy (non-hydrogen) atoms. The number of ether oxygens (including phenoxy) is 1. The van der Waals surface area contributed by atoms with Crippen LogP contribution < -0.4 is 5.32 Å². The number of nitrogens with zero attached hydrogens (tertiary/aromatic N) is 1. The quantitative estimate of drug-likeness (QED) is 0.0156. The summed E-state index contributed by atoms with van der Waals surface area (Å²) >= 11 is 0. The van der Waals surface area contributed by atoms with E-state index in [1.54, 1.807) is 0 Å². The van der Waals surface area contributed by atoms with E-state index in [2.05, 4.69) is 111 Å². The number of allylic oxidation sites excluding steroid dienone is 25. The summed E-state index contributed by atoms with van der Waals surface area (Å²) < 4.78 is 30.7. The van der Waals surface area contributed by atoms with Crippen molar-refractivity contribution in [3.05, 3.63) is 158 Å². The maximum atomic E-state index is 13.5. The molecule has 0 aromatic rings. The lowest BCUT2D eigenvalue weighted by atomic mass is 10.0. The van der Waals surface area contributed by atoms with Gasteiger partial charge in [0.25, 0.3) is 0 Å². The van der Waals surface area contributed by atoms with E-state index in [9.17, 15) is 19.0 Å². The molecule has 0 aliphatic heterocycles. The third-order valence-corrected chi connectivity index (χ3v) is 13.9. The van der Waals surface area contributed by atoms with Gasteiger partial charge in [0, 0.05) is 12.8 Å². The van der Waals surface area contributed by atoms with Crippen LogP contribution in [0.2, 0.25) is 0 Å². The number of esters is 1. The summed E-state index contributed by atoms with van der Waals surface area (Å²) in [6.45, 7) is 6.68. The highest BCUT2D eigenvalue weighted by atomic mass is 31.2. The Morgan fingerprint density at radius 3 is 1.36 bits per heavy atom. The molecule has 0 bridgehead atoms. The summed E-state index contributed by atoms with van der Waals surface area (Å²) in [5.74, 6) is -0.587. The van der Waals surface area contributed by atoms with Crippen LogP contribution in [0.4, 0.5) is 0 Å². The fourth-order valence-corrected chi connectivity index (χ4v) is 8.83. The van der Waals surface area contributed by atoms with Gasteiger partial charge in [-0.2, -0.15) is 0 Å². The van der Waals surface area contributed by atoms with Crippen molar-refractivity contribution in [2.24, 2.45) is 0 Å². The molecule has 10 heteroatoms. The Labute approximate surface area is 490 Å². The fraction of sp³-hybridized carbons (Fsp3) is 0.600. The normalized spacial score (nSPS) is 14.7. The lowest BCUT2D eigenvalue weighted by Crippen LogP contribution is -2.47. The first kappa shape index (κ1) is 75.6. The lowest BCUT2D eigenvalue weighted by molar-refractivity contribution is -0.870. The lowest BCUT2D eigenvalue weighted by Gasteiger charge is -2.27. The van der Waals surface area contributed by atoms with E-state index >= 15 is 0 Å². The van der Waals surface area contributed by atoms with Gasteiger partial charge in [0.05, 0.1) is 33.8 Å². The molecule has 0 spiro atoms. The average Bonchev–Trinajstić information content (AvgIpc) is 3.42. The molecule has 0 aliphatic rings. The number of quaternary nitrogens is 1. The van der Waals surface area contributed by atoms with Crippen molar-refractivity contribution < 1.29 is 37.3 Å². The van der Waals surface area contributed by atoms with Gasteiger partial charge in [-0.1, -0.05) is 263 Å². The highest BCUT2D eigenvalue weighted by Gasteiger charge is 2.30. The fourth-order valence-electron chi connectivity index (χ4n) is 8.09. The molecular weight excluding hydrogens is 1010 g/mol. The Morgan fingerprint density at radius 2 is 0.863 bits per heavy atom. The second-order valence-corrected chi connectivity index (χ2v) is 23.1. The predicted molar refractivity (Wildman–Crippen MR) is 345 cm³/mol. The molecule has 9 nitrogen and oxygen atoms in total. The van der Waals surface area contributed by atoms with Gasteiger partial charge in [-0.25, -0.2) is 4.57 Å². The highest BCUT2D eigenvalue weighted by Crippen LogP contribution is 2.43. The summed E-state index contributed by atoms with van der Waals surface area (Å²) in [5, 5.41) is 3.02. The second kappa shape index (κ2) is 57.8. The van der Waals surface area contributed by atoms with E-state index in [4.69, 9.17) is 13.8 Å². The molecular formula is C70H116N2O7P+. The van der Waals surface area contributed by atoms with Gasteiger partial charge < -0.3 is 19.4 Å². The number of likely N-dealkylation sites (N-methyl/N-ethyl adjacent to an activating group) is 1. The molecule has 3 atom stereocenters. The number of amides is 1. The average molecular weight is 1130 g/mol. The summed E-state index contributed by atoms with van der Waals surface area (Å²) in [4.78, 5) is 37.7. The maximum Gasteiger partial charge on any atom is 0.472 e. The van der Waals surface area contributed by atoms with Crippen LogP contribution >= 0.6 is 7.82 Å². The minimum atomic E-state index is -4.48. The van der Waals surface area contributed by atoms with Crippen molar-refractivity contribution in [1.82, 2.24) is 5.32 Å². The smallest absolute Gasteiger partial charge is 0.456 e. The van der Waals surface area contributed by atoms with Gasteiger partial charge in [0.15, 0.2) is 0 Å². The van der Waals surface area contributed by atoms with E-state index < -0.39 is 20.0 Å². The van der Waals surface area contributed by atoms with Crippen molar-refractivity contribution in [2.45, 2.75) is 232 Å². The Balaban J connectivity index is 5.33. The van der Waals surface area contributed by atoms with E-state index in [0.717, 1.165) is 122 Å². The van der Waals surface area contributed by atoms with Gasteiger partial charge in [-0.05, 0) is 102 Å². The van der Waals surface area contributed by atoms with Crippen LogP contribution in [-0.2, 0) is 27.9 Å². The number of unbranched alkanes of at least 4 members (excludes halogenated alkanes) is 19. The minimum absolute atomic E-state index is 0.0186. The molecule has 0 saturated heterocycles. The summed E-state index contributed by atoms with van der Waals surface area (Å²) in [6, 6.07) is -0.891. The first-order valence-corrected chi connectivity index (χ1v) is 32.9. The Kier molecular flexibility index (Phi) is 54.7. The van der Waals surface area contributed by atoms with Gasteiger partial charge in [0.1, 0.15) is 19.3 Å². The monoisotopic (exact) mass is 1130 g/mol. The molecule has 0 aromatic carbocycles. The SMILES string of the molecule is CC\C=C/C=C/C=C/C=C\C=C\C=C\CCCCCC(=O)NC(COP(=O)(O)OCC[N+](C)(C)C)C(/C=C\CCCCCCCCCCCC)OC(=O)CCCCCCCC/C=C\C/C=C\C/C=C\C/C=C\C/C=C\C/C=C\CC. The summed E-state index contributed by atoms with van der Waals surface area (Å²) in [6.07, 6.45) is 85.3. The Morgan fingerprint density at radius 1 is 0.463 bits per heavy atom. The molecule has 0 radical (unpaired) electrons. The summed E-state index contributed by atoms with van der Waals surface area (Å²) in [7, 11) is 1.43. The number of rotatable bonds is 54. The van der Waals surface area contributed by atoms with E-state index in [-0.39, 0.29) is 37.9 Å². The molecule has 3 unspecified atom stereocenters. The molecule has 0 fully saturated rings. The van der Waals surface area contributed by atoms with Gasteiger partial charge in [0.2, 0.25) is 5.91 Å². The zero-order valence-electron chi connectivity index (χ0n) is 51.5. The predicted octanol–water partition coefficient (Wildman–Crippen LogP) is 19.6. The van der Waals surface area contributed by atoms with Crippen molar-refractivity contribution in [3.63, 3.8) is 0 Å². The van der Waals surface area contributed by atoms with Crippen LogP contribution in [0.25, 0.3) is 0 Å². The van der Waals surface area contributed by atoms with Crippen molar-refractivity contribution >= 4 is 19.7 Å². The first-order chi connectivity index (χ1) is 38.9. The standard InChI is InChI=1S/C70H115N2O7P/c1-7-10-13-16-19-22-25-28-30-32-33-34-35-36-37-38-39-41-43-45-48-51-54-57-60-63-70(74)79-68(61-58-55-52-49-46-27-24-21-18-15-12-9-3)67(66-78-80(75,76)77-65-64-72(4,5)6)71-69(73)62-59-56-53-50-47-44-42-40-31-29-26-23-20-17-14-11-8-2/h10-11,13-14,17,19-20,22-23,26,28-31,33-34,36-37,39-42,44,47,58,61,67-68H,7-9,12,15-16,18,21,24-25,27,32,35,38,43,45-46,48-57,59-60,62-66H2,1-6H3,(H-,71,73,75,76)/p+1/b13-10-,14-11-,20-17+,22-19-,26-23+,30-28-,31-29-,34-33-,37-36-,41-39-,42-40+,47-44+,61-58-. The molecule has 0 aromatic heterocycles. The third-order valence-electron chi connectivity index (χ3n) is 12.9. The first-order valence-electron chi connectivity index (χ1n) is 31.4. The highest BCUT2D eigenvalue weighted by molar-refractivity contribution is 7.47. The second-order valence-electron chi connectivity index (χ2n) is 21.6.